The van der Waals surface area contributed by atoms with E-state index in [4.69, 9.17) is 7.85 Å². The lowest BCUT2D eigenvalue weighted by Gasteiger charge is -2.37. The van der Waals surface area contributed by atoms with E-state index in [1.165, 1.54) is 51.3 Å². The molecule has 0 bridgehead atoms. The molecule has 17 heavy (non-hydrogen) atoms. The first kappa shape index (κ1) is 14.9. The van der Waals surface area contributed by atoms with E-state index < -0.39 is 0 Å². The zero-order chi connectivity index (χ0) is 12.8. The summed E-state index contributed by atoms with van der Waals surface area (Å²) in [6.07, 6.45) is 14.4. The summed E-state index contributed by atoms with van der Waals surface area (Å²) < 4.78 is 0. The maximum Gasteiger partial charge on any atom is 0.117 e. The maximum absolute atomic E-state index is 6.32. The quantitative estimate of drug-likeness (QED) is 0.363. The Bertz CT molecular complexity index is 245. The molecular weight excluding hydrogens is 202 g/mol. The van der Waals surface area contributed by atoms with Crippen LogP contribution in [0.4, 0.5) is 0 Å². The molecule has 0 aromatic heterocycles. The van der Waals surface area contributed by atoms with Crippen LogP contribution in [-0.4, -0.2) is 15.1 Å². The van der Waals surface area contributed by atoms with Crippen LogP contribution in [0.3, 0.4) is 0 Å². The van der Waals surface area contributed by atoms with Crippen molar-refractivity contribution in [3.05, 3.63) is 12.2 Å². The second-order valence-electron chi connectivity index (χ2n) is 6.37. The molecule has 0 heterocycles. The molecule has 2 heteroatoms. The minimum Gasteiger partial charge on any atom is -0.0917 e. The summed E-state index contributed by atoms with van der Waals surface area (Å²) in [4.78, 5) is 0. The molecule has 2 atom stereocenters. The molecule has 0 nitrogen and oxygen atoms in total. The lowest BCUT2D eigenvalue weighted by Crippen LogP contribution is -2.22. The van der Waals surface area contributed by atoms with Crippen LogP contribution in [0.5, 0.6) is 0 Å². The topological polar surface area (TPSA) is 0 Å². The van der Waals surface area contributed by atoms with Crippen molar-refractivity contribution in [2.24, 2.45) is 0 Å². The van der Waals surface area contributed by atoms with Crippen LogP contribution in [0.1, 0.15) is 65.7 Å². The molecule has 0 N–H and O–H groups in total. The van der Waals surface area contributed by atoms with Crippen molar-refractivity contribution in [1.29, 1.82) is 0 Å². The molecular formula is C15H27B2. The van der Waals surface area contributed by atoms with Gasteiger partial charge in [0.25, 0.3) is 0 Å². The minimum atomic E-state index is 0.0683. The highest BCUT2D eigenvalue weighted by Gasteiger charge is 2.29. The average molecular weight is 229 g/mol. The van der Waals surface area contributed by atoms with Crippen LogP contribution in [0.2, 0.25) is 16.9 Å². The van der Waals surface area contributed by atoms with Crippen LogP contribution < -0.4 is 0 Å². The van der Waals surface area contributed by atoms with E-state index in [2.05, 4.69) is 40.2 Å². The third kappa shape index (κ3) is 5.84. The second kappa shape index (κ2) is 6.71. The van der Waals surface area contributed by atoms with Crippen molar-refractivity contribution in [2.75, 3.05) is 0 Å². The summed E-state index contributed by atoms with van der Waals surface area (Å²) in [7, 11) is 8.87. The molecule has 1 aliphatic carbocycles. The average Bonchev–Trinajstić information content (AvgIpc) is 2.27. The highest BCUT2D eigenvalue weighted by atomic mass is 14.3. The zero-order valence-corrected chi connectivity index (χ0v) is 12.0. The van der Waals surface area contributed by atoms with Crippen LogP contribution in [-0.2, 0) is 0 Å². The Morgan fingerprint density at radius 1 is 1.12 bits per heavy atom. The Hall–Kier alpha value is -0.130. The summed E-state index contributed by atoms with van der Waals surface area (Å²) in [5.41, 5.74) is 0. The Kier molecular flexibility index (Phi) is 5.89. The van der Waals surface area contributed by atoms with Gasteiger partial charge < -0.3 is 0 Å². The first-order valence-electron chi connectivity index (χ1n) is 7.22. The van der Waals surface area contributed by atoms with Crippen molar-refractivity contribution < 1.29 is 0 Å². The normalized spacial score (nSPS) is 35.5. The smallest absolute Gasteiger partial charge is 0.0917 e. The molecule has 2 unspecified atom stereocenters. The van der Waals surface area contributed by atoms with E-state index in [-0.39, 0.29) is 5.31 Å². The highest BCUT2D eigenvalue weighted by Crippen LogP contribution is 2.47. The molecule has 0 aliphatic heterocycles. The van der Waals surface area contributed by atoms with Gasteiger partial charge >= 0.3 is 0 Å². The van der Waals surface area contributed by atoms with Gasteiger partial charge in [-0.2, -0.15) is 0 Å². The van der Waals surface area contributed by atoms with Gasteiger partial charge in [0.1, 0.15) is 7.28 Å². The predicted molar refractivity (Wildman–Crippen MR) is 80.2 cm³/mol. The van der Waals surface area contributed by atoms with Gasteiger partial charge in [-0.25, -0.2) is 0 Å². The summed E-state index contributed by atoms with van der Waals surface area (Å²) in [5, 5.41) is 0.488. The Morgan fingerprint density at radius 3 is 2.53 bits per heavy atom. The largest absolute Gasteiger partial charge is 0.117 e. The van der Waals surface area contributed by atoms with E-state index >= 15 is 0 Å². The molecule has 0 aromatic carbocycles. The summed E-state index contributed by atoms with van der Waals surface area (Å²) in [6, 6.07) is 0. The molecule has 1 rings (SSSR count). The van der Waals surface area contributed by atoms with Gasteiger partial charge in [-0.15, -0.1) is 0 Å². The zero-order valence-electron chi connectivity index (χ0n) is 12.0. The summed E-state index contributed by atoms with van der Waals surface area (Å²) in [5.74, 6) is 0. The van der Waals surface area contributed by atoms with Crippen molar-refractivity contribution in [3.8, 4) is 0 Å². The fraction of sp³-hybridized carbons (Fsp3) is 0.867. The van der Waals surface area contributed by atoms with E-state index in [0.29, 0.717) is 5.31 Å². The van der Waals surface area contributed by atoms with Crippen molar-refractivity contribution in [3.63, 3.8) is 0 Å². The predicted octanol–water partition coefficient (Wildman–Crippen LogP) is 4.96. The molecule has 3 radical (unpaired) electrons. The van der Waals surface area contributed by atoms with Crippen LogP contribution >= 0.6 is 0 Å². The first-order chi connectivity index (χ1) is 7.97. The molecule has 1 fully saturated rings. The Labute approximate surface area is 110 Å². The Balaban J connectivity index is 2.42. The van der Waals surface area contributed by atoms with Crippen LogP contribution in [0.15, 0.2) is 12.2 Å². The number of rotatable bonds is 4. The van der Waals surface area contributed by atoms with Gasteiger partial charge in [-0.05, 0) is 13.3 Å². The van der Waals surface area contributed by atoms with E-state index in [0.717, 1.165) is 0 Å². The van der Waals surface area contributed by atoms with Gasteiger partial charge in [0.2, 0.25) is 0 Å². The highest BCUT2D eigenvalue weighted by molar-refractivity contribution is 6.39. The first-order valence-corrected chi connectivity index (χ1v) is 7.22. The van der Waals surface area contributed by atoms with E-state index in [1.54, 1.807) is 0 Å². The van der Waals surface area contributed by atoms with E-state index in [9.17, 15) is 0 Å². The summed E-state index contributed by atoms with van der Waals surface area (Å²) >= 11 is 0. The van der Waals surface area contributed by atoms with Crippen molar-refractivity contribution in [1.82, 2.24) is 0 Å². The van der Waals surface area contributed by atoms with Crippen LogP contribution in [0, 0.1) is 0 Å². The maximum atomic E-state index is 6.32. The van der Waals surface area contributed by atoms with Gasteiger partial charge in [-0.3, -0.25) is 0 Å². The molecule has 0 amide bonds. The minimum absolute atomic E-state index is 0.0683. The van der Waals surface area contributed by atoms with Gasteiger partial charge in [0.15, 0.2) is 0 Å². The number of allylic oxidation sites excluding steroid dienone is 2. The third-order valence-electron chi connectivity index (χ3n) is 4.22. The number of hydrogen-bond donors (Lipinski definition) is 0. The molecule has 0 saturated heterocycles. The SMILES string of the molecule is [B]C1(C)CCCCC(C)([B]CC/C=C\C)CC1. The molecule has 93 valence electrons. The Morgan fingerprint density at radius 2 is 1.82 bits per heavy atom. The lowest BCUT2D eigenvalue weighted by atomic mass is 9.45. The lowest BCUT2D eigenvalue weighted by molar-refractivity contribution is 0.363. The van der Waals surface area contributed by atoms with Crippen LogP contribution in [0.25, 0.3) is 0 Å². The van der Waals surface area contributed by atoms with Gasteiger partial charge in [0, 0.05) is 0 Å². The second-order valence-corrected chi connectivity index (χ2v) is 6.37. The molecule has 0 spiro atoms. The molecule has 1 saturated carbocycles. The molecule has 0 aromatic rings. The van der Waals surface area contributed by atoms with Crippen molar-refractivity contribution in [2.45, 2.75) is 82.7 Å². The monoisotopic (exact) mass is 229 g/mol. The van der Waals surface area contributed by atoms with Gasteiger partial charge in [0.05, 0.1) is 7.85 Å². The number of hydrogen-bond acceptors (Lipinski definition) is 0. The third-order valence-corrected chi connectivity index (χ3v) is 4.22. The van der Waals surface area contributed by atoms with E-state index in [1.807, 2.05) is 0 Å². The fourth-order valence-electron chi connectivity index (χ4n) is 2.78. The fourth-order valence-corrected chi connectivity index (χ4v) is 2.78. The standard InChI is InChI=1S/C15H27B2/c1-4-5-8-13-17-15(3)10-7-6-9-14(2,16)11-12-15/h4-5H,6-13H2,1-3H3/b5-4-. The van der Waals surface area contributed by atoms with Gasteiger partial charge in [-0.1, -0.05) is 81.5 Å². The molecule has 1 aliphatic rings. The van der Waals surface area contributed by atoms with Crippen molar-refractivity contribution >= 4 is 15.1 Å². The summed E-state index contributed by atoms with van der Waals surface area (Å²) in [6.45, 7) is 6.74.